The Hall–Kier alpha value is -0.230. The van der Waals surface area contributed by atoms with E-state index >= 15 is 0 Å². The summed E-state index contributed by atoms with van der Waals surface area (Å²) in [6.45, 7) is 0. The van der Waals surface area contributed by atoms with E-state index in [9.17, 15) is 4.39 Å². The van der Waals surface area contributed by atoms with Crippen LogP contribution in [0.15, 0.2) is 38.6 Å². The van der Waals surface area contributed by atoms with Crippen LogP contribution in [0.25, 0.3) is 0 Å². The number of hydrogen-bond acceptors (Lipinski definition) is 2. The Morgan fingerprint density at radius 2 is 2.06 bits per heavy atom. The standard InChI is InChI=1S/C12H10Br2FNS/c13-9-6-11(17-12(9)14)10(16)5-7-2-1-3-8(15)4-7/h1-4,6,10H,5,16H2. The van der Waals surface area contributed by atoms with E-state index in [2.05, 4.69) is 31.9 Å². The molecule has 90 valence electrons. The molecule has 1 atom stereocenters. The molecule has 0 saturated carbocycles. The van der Waals surface area contributed by atoms with Gasteiger partial charge in [0.15, 0.2) is 0 Å². The lowest BCUT2D eigenvalue weighted by atomic mass is 10.1. The van der Waals surface area contributed by atoms with Gasteiger partial charge in [0.05, 0.1) is 3.79 Å². The van der Waals surface area contributed by atoms with E-state index in [0.29, 0.717) is 6.42 Å². The molecule has 0 radical (unpaired) electrons. The van der Waals surface area contributed by atoms with Gasteiger partial charge in [0.1, 0.15) is 5.82 Å². The lowest BCUT2D eigenvalue weighted by Gasteiger charge is -2.09. The third-order valence-corrected chi connectivity index (χ3v) is 5.76. The summed E-state index contributed by atoms with van der Waals surface area (Å²) in [7, 11) is 0. The maximum atomic E-state index is 13.0. The van der Waals surface area contributed by atoms with Gasteiger partial charge in [0.25, 0.3) is 0 Å². The first-order valence-corrected chi connectivity index (χ1v) is 7.41. The van der Waals surface area contributed by atoms with Gasteiger partial charge in [-0.15, -0.1) is 11.3 Å². The number of nitrogens with two attached hydrogens (primary N) is 1. The summed E-state index contributed by atoms with van der Waals surface area (Å²) in [5, 5.41) is 0. The van der Waals surface area contributed by atoms with Crippen LogP contribution >= 0.6 is 43.2 Å². The van der Waals surface area contributed by atoms with Crippen molar-refractivity contribution >= 4 is 43.2 Å². The van der Waals surface area contributed by atoms with E-state index in [-0.39, 0.29) is 11.9 Å². The van der Waals surface area contributed by atoms with Crippen molar-refractivity contribution in [3.63, 3.8) is 0 Å². The fourth-order valence-corrected chi connectivity index (χ4v) is 3.66. The van der Waals surface area contributed by atoms with Crippen molar-refractivity contribution in [3.05, 3.63) is 54.8 Å². The summed E-state index contributed by atoms with van der Waals surface area (Å²) in [6, 6.07) is 8.45. The van der Waals surface area contributed by atoms with Crippen LogP contribution in [0.3, 0.4) is 0 Å². The number of rotatable bonds is 3. The average Bonchev–Trinajstić information content (AvgIpc) is 2.59. The molecule has 0 aliphatic carbocycles. The second-order valence-electron chi connectivity index (χ2n) is 3.71. The van der Waals surface area contributed by atoms with Crippen LogP contribution in [0.1, 0.15) is 16.5 Å². The molecular formula is C12H10Br2FNS. The van der Waals surface area contributed by atoms with Gasteiger partial charge in [-0.2, -0.15) is 0 Å². The first-order valence-electron chi connectivity index (χ1n) is 5.01. The van der Waals surface area contributed by atoms with Gasteiger partial charge >= 0.3 is 0 Å². The van der Waals surface area contributed by atoms with Crippen molar-refractivity contribution in [2.45, 2.75) is 12.5 Å². The minimum Gasteiger partial charge on any atom is -0.323 e. The molecule has 0 saturated heterocycles. The molecule has 0 spiro atoms. The molecule has 1 aromatic heterocycles. The number of halogens is 3. The Kier molecular flexibility index (Phi) is 4.36. The molecule has 1 aromatic carbocycles. The summed E-state index contributed by atoms with van der Waals surface area (Å²) in [5.74, 6) is -0.219. The number of benzene rings is 1. The molecule has 2 N–H and O–H groups in total. The van der Waals surface area contributed by atoms with E-state index in [0.717, 1.165) is 18.7 Å². The molecule has 0 fully saturated rings. The smallest absolute Gasteiger partial charge is 0.123 e. The van der Waals surface area contributed by atoms with Gasteiger partial charge in [-0.1, -0.05) is 12.1 Å². The van der Waals surface area contributed by atoms with Crippen molar-refractivity contribution in [3.8, 4) is 0 Å². The van der Waals surface area contributed by atoms with Crippen LogP contribution in [-0.4, -0.2) is 0 Å². The summed E-state index contributed by atoms with van der Waals surface area (Å²) in [4.78, 5) is 1.08. The van der Waals surface area contributed by atoms with Crippen molar-refractivity contribution in [1.29, 1.82) is 0 Å². The van der Waals surface area contributed by atoms with Crippen LogP contribution in [0.5, 0.6) is 0 Å². The van der Waals surface area contributed by atoms with Crippen molar-refractivity contribution in [1.82, 2.24) is 0 Å². The highest BCUT2D eigenvalue weighted by Gasteiger charge is 2.12. The van der Waals surface area contributed by atoms with Gasteiger partial charge in [0.2, 0.25) is 0 Å². The maximum Gasteiger partial charge on any atom is 0.123 e. The first kappa shape index (κ1) is 13.2. The Balaban J connectivity index is 2.14. The third kappa shape index (κ3) is 3.37. The average molecular weight is 379 g/mol. The van der Waals surface area contributed by atoms with E-state index in [4.69, 9.17) is 5.73 Å². The Morgan fingerprint density at radius 3 is 2.65 bits per heavy atom. The van der Waals surface area contributed by atoms with Crippen molar-refractivity contribution in [2.75, 3.05) is 0 Å². The summed E-state index contributed by atoms with van der Waals surface area (Å²) in [5.41, 5.74) is 7.02. The minimum absolute atomic E-state index is 0.107. The predicted octanol–water partition coefficient (Wildman–Crippen LogP) is 4.65. The van der Waals surface area contributed by atoms with Gasteiger partial charge < -0.3 is 5.73 Å². The van der Waals surface area contributed by atoms with Gasteiger partial charge in [0, 0.05) is 15.4 Å². The highest BCUT2D eigenvalue weighted by atomic mass is 79.9. The molecule has 0 amide bonds. The first-order chi connectivity index (χ1) is 8.06. The SMILES string of the molecule is NC(Cc1cccc(F)c1)c1cc(Br)c(Br)s1. The zero-order chi connectivity index (χ0) is 12.4. The minimum atomic E-state index is -0.219. The van der Waals surface area contributed by atoms with E-state index in [1.165, 1.54) is 12.1 Å². The predicted molar refractivity (Wildman–Crippen MR) is 76.8 cm³/mol. The molecule has 0 aliphatic heterocycles. The van der Waals surface area contributed by atoms with Crippen LogP contribution in [0.4, 0.5) is 4.39 Å². The molecular weight excluding hydrogens is 369 g/mol. The van der Waals surface area contributed by atoms with Crippen LogP contribution in [0.2, 0.25) is 0 Å². The molecule has 2 rings (SSSR count). The Morgan fingerprint density at radius 1 is 1.29 bits per heavy atom. The Labute approximate surface area is 120 Å². The molecule has 17 heavy (non-hydrogen) atoms. The summed E-state index contributed by atoms with van der Waals surface area (Å²) in [6.07, 6.45) is 0.636. The molecule has 1 nitrogen and oxygen atoms in total. The fraction of sp³-hybridized carbons (Fsp3) is 0.167. The molecule has 0 aliphatic rings. The largest absolute Gasteiger partial charge is 0.323 e. The fourth-order valence-electron chi connectivity index (χ4n) is 1.56. The van der Waals surface area contributed by atoms with Gasteiger partial charge in [-0.3, -0.25) is 0 Å². The van der Waals surface area contributed by atoms with Gasteiger partial charge in [-0.05, 0) is 62.0 Å². The van der Waals surface area contributed by atoms with Crippen molar-refractivity contribution < 1.29 is 4.39 Å². The zero-order valence-corrected chi connectivity index (χ0v) is 12.8. The molecule has 5 heteroatoms. The van der Waals surface area contributed by atoms with E-state index in [1.54, 1.807) is 17.4 Å². The highest BCUT2D eigenvalue weighted by molar-refractivity contribution is 9.13. The lowest BCUT2D eigenvalue weighted by Crippen LogP contribution is -2.11. The summed E-state index contributed by atoms with van der Waals surface area (Å²) >= 11 is 8.46. The zero-order valence-electron chi connectivity index (χ0n) is 8.79. The molecule has 0 bridgehead atoms. The van der Waals surface area contributed by atoms with Gasteiger partial charge in [-0.25, -0.2) is 4.39 Å². The molecule has 1 heterocycles. The second-order valence-corrected chi connectivity index (χ2v) is 6.97. The summed E-state index contributed by atoms with van der Waals surface area (Å²) < 4.78 is 15.1. The Bertz CT molecular complexity index is 507. The quantitative estimate of drug-likeness (QED) is 0.826. The number of thiophene rings is 1. The normalized spacial score (nSPS) is 12.7. The maximum absolute atomic E-state index is 13.0. The topological polar surface area (TPSA) is 26.0 Å². The monoisotopic (exact) mass is 377 g/mol. The number of hydrogen-bond donors (Lipinski definition) is 1. The van der Waals surface area contributed by atoms with Crippen LogP contribution < -0.4 is 5.73 Å². The van der Waals surface area contributed by atoms with Crippen LogP contribution in [-0.2, 0) is 6.42 Å². The second kappa shape index (κ2) is 5.61. The molecule has 1 unspecified atom stereocenters. The van der Waals surface area contributed by atoms with E-state index in [1.807, 2.05) is 12.1 Å². The van der Waals surface area contributed by atoms with Crippen molar-refractivity contribution in [2.24, 2.45) is 5.73 Å². The molecule has 2 aromatic rings. The van der Waals surface area contributed by atoms with Crippen LogP contribution in [0, 0.1) is 5.82 Å². The third-order valence-electron chi connectivity index (χ3n) is 2.37. The highest BCUT2D eigenvalue weighted by Crippen LogP contribution is 2.35. The van der Waals surface area contributed by atoms with E-state index < -0.39 is 0 Å². The lowest BCUT2D eigenvalue weighted by molar-refractivity contribution is 0.622.